The van der Waals surface area contributed by atoms with Crippen LogP contribution in [-0.4, -0.2) is 7.11 Å². The fourth-order valence-electron chi connectivity index (χ4n) is 2.06. The van der Waals surface area contributed by atoms with Crippen LogP contribution in [0.1, 0.15) is 16.7 Å². The molecule has 24 heavy (non-hydrogen) atoms. The van der Waals surface area contributed by atoms with Crippen molar-refractivity contribution in [2.24, 2.45) is 0 Å². The molecule has 0 bridgehead atoms. The molecule has 1 aromatic heterocycles. The van der Waals surface area contributed by atoms with Gasteiger partial charge in [0.05, 0.1) is 19.2 Å². The number of anilines is 1. The van der Waals surface area contributed by atoms with Crippen LogP contribution in [0.3, 0.4) is 0 Å². The van der Waals surface area contributed by atoms with E-state index in [1.54, 1.807) is 12.1 Å². The average molecular weight is 418 g/mol. The van der Waals surface area contributed by atoms with Crippen molar-refractivity contribution in [3.63, 3.8) is 0 Å². The normalized spacial score (nSPS) is 10.1. The molecule has 0 aliphatic rings. The molecule has 1 aromatic carbocycles. The van der Waals surface area contributed by atoms with Gasteiger partial charge in [-0.2, -0.15) is 4.33 Å². The molecule has 0 amide bonds. The van der Waals surface area contributed by atoms with Gasteiger partial charge in [0.15, 0.2) is 0 Å². The molecule has 0 unspecified atom stereocenters. The monoisotopic (exact) mass is 417 g/mol. The Morgan fingerprint density at radius 2 is 1.75 bits per heavy atom. The molecule has 4 N–H and O–H groups in total. The van der Waals surface area contributed by atoms with E-state index in [2.05, 4.69) is 25.3 Å². The minimum absolute atomic E-state index is 0.435. The summed E-state index contributed by atoms with van der Waals surface area (Å²) in [6.45, 7) is 5.96. The van der Waals surface area contributed by atoms with Crippen LogP contribution in [0.5, 0.6) is 5.88 Å². The largest absolute Gasteiger partial charge is 0.691 e. The summed E-state index contributed by atoms with van der Waals surface area (Å²) < 4.78 is 11.2. The maximum atomic E-state index is 9.65. The first-order chi connectivity index (χ1) is 11.3. The maximum absolute atomic E-state index is 9.65. The lowest BCUT2D eigenvalue weighted by atomic mass is 10.1. The number of ether oxygens (including phenoxy) is 1. The molecule has 0 radical (unpaired) electrons. The quantitative estimate of drug-likeness (QED) is 0.257. The Hall–Kier alpha value is -1.52. The molecule has 9 heteroatoms. The number of methoxy groups -OCH3 is 1. The lowest BCUT2D eigenvalue weighted by Crippen LogP contribution is -2.48. The van der Waals surface area contributed by atoms with Crippen molar-refractivity contribution in [3.8, 4) is 5.88 Å². The maximum Gasteiger partial charge on any atom is 0.313 e. The molecule has 0 saturated heterocycles. The van der Waals surface area contributed by atoms with Crippen molar-refractivity contribution in [2.75, 3.05) is 18.7 Å². The van der Waals surface area contributed by atoms with Gasteiger partial charge in [-0.05, 0) is 53.9 Å². The summed E-state index contributed by atoms with van der Waals surface area (Å²) in [5.41, 5.74) is 8.93. The van der Waals surface area contributed by atoms with Gasteiger partial charge in [0.1, 0.15) is 4.47 Å². The predicted octanol–water partition coefficient (Wildman–Crippen LogP) is 1.88. The second-order valence-electron chi connectivity index (χ2n) is 4.93. The summed E-state index contributed by atoms with van der Waals surface area (Å²) in [5, 5.41) is 12.9. The van der Waals surface area contributed by atoms with Crippen LogP contribution >= 0.6 is 28.0 Å². The highest BCUT2D eigenvalue weighted by molar-refractivity contribution is 9.10. The number of nitrogens with zero attached hydrogens (tertiary/aromatic N) is 1. The molecule has 0 fully saturated rings. The van der Waals surface area contributed by atoms with Crippen molar-refractivity contribution in [2.45, 2.75) is 25.7 Å². The van der Waals surface area contributed by atoms with Gasteiger partial charge in [-0.15, -0.1) is 0 Å². The van der Waals surface area contributed by atoms with Crippen molar-refractivity contribution in [3.05, 3.63) is 45.4 Å². The zero-order valence-electron chi connectivity index (χ0n) is 13.8. The van der Waals surface area contributed by atoms with Crippen LogP contribution in [0.2, 0.25) is 0 Å². The third-order valence-corrected chi connectivity index (χ3v) is 4.68. The van der Waals surface area contributed by atoms with Gasteiger partial charge in [-0.3, -0.25) is 16.6 Å². The van der Waals surface area contributed by atoms with Crippen LogP contribution in [0.15, 0.2) is 33.6 Å². The summed E-state index contributed by atoms with van der Waals surface area (Å²) in [7, 11) is 1.53. The smallest absolute Gasteiger partial charge is 0.313 e. The summed E-state index contributed by atoms with van der Waals surface area (Å²) in [4.78, 5) is 0.932. The first kappa shape index (κ1) is 20.5. The first-order valence-electron chi connectivity index (χ1n) is 6.81. The van der Waals surface area contributed by atoms with Crippen LogP contribution in [0, 0.1) is 20.8 Å². The summed E-state index contributed by atoms with van der Waals surface area (Å²) in [6, 6.07) is 7.56. The number of hydrogen-bond donors (Lipinski definition) is 2. The number of rotatable bonds is 4. The van der Waals surface area contributed by atoms with Gasteiger partial charge < -0.3 is 9.99 Å². The highest BCUT2D eigenvalue weighted by Gasteiger charge is 2.11. The van der Waals surface area contributed by atoms with E-state index >= 15 is 0 Å². The Balaban J connectivity index is 0.000000243. The highest BCUT2D eigenvalue weighted by Crippen LogP contribution is 2.27. The van der Waals surface area contributed by atoms with E-state index in [9.17, 15) is 5.26 Å². The Labute approximate surface area is 153 Å². The third-order valence-electron chi connectivity index (χ3n) is 3.07. The zero-order valence-corrected chi connectivity index (χ0v) is 16.2. The summed E-state index contributed by atoms with van der Waals surface area (Å²) in [6.07, 6.45) is 0. The topological polar surface area (TPSA) is 107 Å². The number of pyridine rings is 1. The van der Waals surface area contributed by atoms with E-state index in [0.717, 1.165) is 32.5 Å². The number of aromatic nitrogens is 1. The molecule has 2 aromatic rings. The molecule has 0 atom stereocenters. The lowest BCUT2D eigenvalue weighted by molar-refractivity contribution is -0.777. The predicted molar refractivity (Wildman–Crippen MR) is 94.1 cm³/mol. The van der Waals surface area contributed by atoms with Crippen LogP contribution in [0.4, 0.5) is 5.82 Å². The minimum atomic E-state index is 0.435. The van der Waals surface area contributed by atoms with Gasteiger partial charge in [0.2, 0.25) is 0 Å². The Kier molecular flexibility index (Phi) is 8.29. The third kappa shape index (κ3) is 5.53. The van der Waals surface area contributed by atoms with Gasteiger partial charge in [-0.1, -0.05) is 22.4 Å². The van der Waals surface area contributed by atoms with E-state index < -0.39 is 0 Å². The Morgan fingerprint density at radius 3 is 2.25 bits per heavy atom. The number of hydrogen-bond acceptors (Lipinski definition) is 7. The number of benzene rings is 1. The summed E-state index contributed by atoms with van der Waals surface area (Å²) in [5.74, 6) is 6.48. The van der Waals surface area contributed by atoms with Crippen LogP contribution in [0.25, 0.3) is 0 Å². The van der Waals surface area contributed by atoms with Crippen molar-refractivity contribution in [1.29, 1.82) is 0 Å². The number of nitrogens with two attached hydrogens (primary N) is 2. The number of halogens is 1. The number of nitrogen functional groups attached to an aromatic ring is 2. The van der Waals surface area contributed by atoms with Gasteiger partial charge >= 0.3 is 11.7 Å². The second kappa shape index (κ2) is 9.70. The molecule has 132 valence electrons. The summed E-state index contributed by atoms with van der Waals surface area (Å²) >= 11 is 4.18. The van der Waals surface area contributed by atoms with E-state index in [-0.39, 0.29) is 0 Å². The van der Waals surface area contributed by atoms with Crippen molar-refractivity contribution < 1.29 is 24.0 Å². The molecular weight excluding hydrogens is 398 g/mol. The number of aryl methyl sites for hydroxylation is 3. The van der Waals surface area contributed by atoms with E-state index in [4.69, 9.17) is 16.3 Å². The Morgan fingerprint density at radius 1 is 1.17 bits per heavy atom. The molecule has 0 saturated carbocycles. The molecule has 0 aliphatic carbocycles. The van der Waals surface area contributed by atoms with E-state index in [1.807, 2.05) is 32.9 Å². The van der Waals surface area contributed by atoms with Crippen molar-refractivity contribution >= 4 is 33.8 Å². The molecule has 1 heterocycles. The minimum Gasteiger partial charge on any atom is -0.691 e. The van der Waals surface area contributed by atoms with E-state index in [1.165, 1.54) is 17.3 Å². The molecular formula is C15H20BrN3O4S. The zero-order chi connectivity index (χ0) is 18.3. The average Bonchev–Trinajstić information content (AvgIpc) is 2.53. The standard InChI is InChI=1S/C9H12O3S.C6H8BrN3O/c1-6-4-7(2)9(8(3)5-6)13-12-11-10;1-11-5-3-2-4(7)6(8)10(5)9/h4-5,10H,1-3H3;2-3,8H,9H2,1H3. The van der Waals surface area contributed by atoms with E-state index in [0.29, 0.717) is 11.7 Å². The molecule has 0 spiro atoms. The Bertz CT molecular complexity index is 678. The fraction of sp³-hybridized carbons (Fsp3) is 0.267. The fourth-order valence-corrected chi connectivity index (χ4v) is 2.86. The molecule has 7 nitrogen and oxygen atoms in total. The van der Waals surface area contributed by atoms with Crippen LogP contribution in [-0.2, 0) is 9.37 Å². The van der Waals surface area contributed by atoms with Gasteiger partial charge in [-0.25, -0.2) is 0 Å². The SMILES string of the molecule is COc1ccc(Br)c(N)[n+]1N.Cc1cc(C)c(SOO[O-])c(C)c1. The van der Waals surface area contributed by atoms with Crippen LogP contribution < -0.4 is 26.2 Å². The van der Waals surface area contributed by atoms with Gasteiger partial charge in [0.25, 0.3) is 0 Å². The second-order valence-corrected chi connectivity index (χ2v) is 6.49. The molecule has 2 rings (SSSR count). The van der Waals surface area contributed by atoms with Crippen molar-refractivity contribution in [1.82, 2.24) is 0 Å². The lowest BCUT2D eigenvalue weighted by Gasteiger charge is -2.10. The highest BCUT2D eigenvalue weighted by atomic mass is 79.9. The van der Waals surface area contributed by atoms with Gasteiger partial charge in [0, 0.05) is 11.0 Å². The molecule has 0 aliphatic heterocycles. The first-order valence-corrected chi connectivity index (χ1v) is 8.35.